The Labute approximate surface area is 111 Å². The maximum Gasteiger partial charge on any atom is 0.237 e. The third kappa shape index (κ3) is 4.69. The average molecular weight is 266 g/mol. The fourth-order valence-corrected chi connectivity index (χ4v) is 1.52. The summed E-state index contributed by atoms with van der Waals surface area (Å²) >= 11 is 0. The lowest BCUT2D eigenvalue weighted by molar-refractivity contribution is -0.126. The predicted molar refractivity (Wildman–Crippen MR) is 69.5 cm³/mol. The van der Waals surface area contributed by atoms with Gasteiger partial charge in [0, 0.05) is 0 Å². The molecule has 0 unspecified atom stereocenters. The molecule has 1 rings (SSSR count). The maximum atomic E-state index is 11.7. The van der Waals surface area contributed by atoms with Gasteiger partial charge in [0.1, 0.15) is 18.1 Å². The third-order valence-corrected chi connectivity index (χ3v) is 2.70. The van der Waals surface area contributed by atoms with E-state index in [1.165, 1.54) is 19.1 Å². The monoisotopic (exact) mass is 266 g/mol. The van der Waals surface area contributed by atoms with Gasteiger partial charge in [0.2, 0.25) is 5.91 Å². The zero-order valence-corrected chi connectivity index (χ0v) is 10.6. The highest BCUT2D eigenvalue weighted by Crippen LogP contribution is 2.10. The molecule has 0 saturated heterocycles. The second-order valence-electron chi connectivity index (χ2n) is 4.39. The van der Waals surface area contributed by atoms with E-state index in [9.17, 15) is 14.7 Å². The highest BCUT2D eigenvalue weighted by Gasteiger charge is 2.21. The lowest BCUT2D eigenvalue weighted by Crippen LogP contribution is -2.50. The number of aliphatic hydroxyl groups is 1. The van der Waals surface area contributed by atoms with Crippen LogP contribution in [-0.2, 0) is 16.0 Å². The summed E-state index contributed by atoms with van der Waals surface area (Å²) in [7, 11) is 0. The highest BCUT2D eigenvalue weighted by molar-refractivity contribution is 5.84. The maximum absolute atomic E-state index is 11.7. The Kier molecular flexibility index (Phi) is 5.47. The van der Waals surface area contributed by atoms with Crippen molar-refractivity contribution in [3.05, 3.63) is 29.8 Å². The van der Waals surface area contributed by atoms with Gasteiger partial charge in [0.25, 0.3) is 0 Å². The first-order chi connectivity index (χ1) is 8.93. The number of aldehydes is 1. The molecule has 5 N–H and O–H groups in total. The zero-order valence-electron chi connectivity index (χ0n) is 10.6. The quantitative estimate of drug-likeness (QED) is 0.510. The van der Waals surface area contributed by atoms with Gasteiger partial charge in [-0.05, 0) is 31.0 Å². The fraction of sp³-hybridized carbons (Fsp3) is 0.385. The molecule has 6 heteroatoms. The Morgan fingerprint density at radius 1 is 1.42 bits per heavy atom. The number of phenols is 1. The number of carbonyl (C=O) groups excluding carboxylic acids is 2. The molecule has 0 aliphatic carbocycles. The van der Waals surface area contributed by atoms with Crippen LogP contribution in [0.2, 0.25) is 0 Å². The largest absolute Gasteiger partial charge is 0.508 e. The summed E-state index contributed by atoms with van der Waals surface area (Å²) < 4.78 is 0. The minimum atomic E-state index is -0.970. The summed E-state index contributed by atoms with van der Waals surface area (Å²) in [5.74, 6) is -0.372. The van der Waals surface area contributed by atoms with E-state index in [4.69, 9.17) is 10.8 Å². The van der Waals surface area contributed by atoms with E-state index >= 15 is 0 Å². The summed E-state index contributed by atoms with van der Waals surface area (Å²) in [6, 6.07) is 4.54. The number of aromatic hydroxyl groups is 1. The molecular weight excluding hydrogens is 248 g/mol. The number of nitrogens with two attached hydrogens (primary N) is 1. The van der Waals surface area contributed by atoms with E-state index in [1.54, 1.807) is 12.1 Å². The number of nitrogens with one attached hydrogen (secondary N) is 1. The number of rotatable bonds is 6. The normalized spacial score (nSPS) is 15.3. The van der Waals surface area contributed by atoms with Gasteiger partial charge >= 0.3 is 0 Å². The number of hydrogen-bond donors (Lipinski definition) is 4. The van der Waals surface area contributed by atoms with Crippen LogP contribution in [0.4, 0.5) is 0 Å². The van der Waals surface area contributed by atoms with Crippen LogP contribution >= 0.6 is 0 Å². The lowest BCUT2D eigenvalue weighted by Gasteiger charge is -2.18. The molecule has 0 bridgehead atoms. The Hall–Kier alpha value is -1.92. The van der Waals surface area contributed by atoms with Crippen LogP contribution in [0.3, 0.4) is 0 Å². The molecule has 104 valence electrons. The molecule has 0 heterocycles. The first-order valence-electron chi connectivity index (χ1n) is 5.91. The third-order valence-electron chi connectivity index (χ3n) is 2.70. The molecular formula is C13H18N2O4. The van der Waals surface area contributed by atoms with Crippen molar-refractivity contribution in [2.24, 2.45) is 5.73 Å². The topological polar surface area (TPSA) is 113 Å². The smallest absolute Gasteiger partial charge is 0.237 e. The Bertz CT molecular complexity index is 431. The molecule has 3 atom stereocenters. The fourth-order valence-electron chi connectivity index (χ4n) is 1.52. The van der Waals surface area contributed by atoms with E-state index in [-0.39, 0.29) is 12.2 Å². The highest BCUT2D eigenvalue weighted by atomic mass is 16.3. The molecule has 1 aromatic rings. The summed E-state index contributed by atoms with van der Waals surface area (Å²) in [6.07, 6.45) is -0.227. The van der Waals surface area contributed by atoms with Gasteiger partial charge in [-0.3, -0.25) is 4.79 Å². The first-order valence-corrected chi connectivity index (χ1v) is 5.91. The Balaban J connectivity index is 2.57. The summed E-state index contributed by atoms with van der Waals surface area (Å²) in [6.45, 7) is 1.41. The minimum absolute atomic E-state index is 0.136. The first kappa shape index (κ1) is 15.1. The molecule has 19 heavy (non-hydrogen) atoms. The van der Waals surface area contributed by atoms with Crippen molar-refractivity contribution in [2.75, 3.05) is 0 Å². The molecule has 1 aromatic carbocycles. The Morgan fingerprint density at radius 2 is 2.00 bits per heavy atom. The van der Waals surface area contributed by atoms with E-state index in [2.05, 4.69) is 5.32 Å². The van der Waals surface area contributed by atoms with Crippen molar-refractivity contribution in [1.82, 2.24) is 5.32 Å². The van der Waals surface area contributed by atoms with Gasteiger partial charge in [0.15, 0.2) is 0 Å². The van der Waals surface area contributed by atoms with E-state index in [1.807, 2.05) is 0 Å². The van der Waals surface area contributed by atoms with Crippen molar-refractivity contribution < 1.29 is 19.8 Å². The van der Waals surface area contributed by atoms with Crippen LogP contribution < -0.4 is 11.1 Å². The van der Waals surface area contributed by atoms with Crippen molar-refractivity contribution in [1.29, 1.82) is 0 Å². The summed E-state index contributed by atoms with van der Waals surface area (Å²) in [5.41, 5.74) is 6.51. The van der Waals surface area contributed by atoms with Gasteiger partial charge in [-0.25, -0.2) is 0 Å². The van der Waals surface area contributed by atoms with E-state index in [0.29, 0.717) is 6.29 Å². The van der Waals surface area contributed by atoms with Gasteiger partial charge < -0.3 is 26.1 Å². The molecule has 1 amide bonds. The molecule has 0 radical (unpaired) electrons. The number of phenolic OH excluding ortho intramolecular Hbond substituents is 1. The Morgan fingerprint density at radius 3 is 2.47 bits per heavy atom. The van der Waals surface area contributed by atoms with E-state index < -0.39 is 24.1 Å². The number of benzene rings is 1. The van der Waals surface area contributed by atoms with Crippen molar-refractivity contribution in [3.63, 3.8) is 0 Å². The zero-order chi connectivity index (χ0) is 14.4. The van der Waals surface area contributed by atoms with Crippen LogP contribution in [-0.4, -0.2) is 40.6 Å². The van der Waals surface area contributed by atoms with Gasteiger partial charge in [-0.2, -0.15) is 0 Å². The molecule has 0 fully saturated rings. The lowest BCUT2D eigenvalue weighted by atomic mass is 10.1. The second kappa shape index (κ2) is 6.86. The van der Waals surface area contributed by atoms with Crippen LogP contribution in [0.15, 0.2) is 24.3 Å². The average Bonchev–Trinajstić information content (AvgIpc) is 2.37. The van der Waals surface area contributed by atoms with Crippen LogP contribution in [0, 0.1) is 0 Å². The molecule has 0 aliphatic rings. The van der Waals surface area contributed by atoms with Crippen LogP contribution in [0.1, 0.15) is 12.5 Å². The van der Waals surface area contributed by atoms with Gasteiger partial charge in [-0.15, -0.1) is 0 Å². The van der Waals surface area contributed by atoms with Gasteiger partial charge in [-0.1, -0.05) is 12.1 Å². The van der Waals surface area contributed by atoms with Crippen molar-refractivity contribution in [3.8, 4) is 5.75 Å². The SMILES string of the molecule is C[C@@H](O)[C@@H](C=O)NC(=O)[C@@H](N)Cc1ccc(O)cc1. The predicted octanol–water partition coefficient (Wildman–Crippen LogP) is -0.673. The van der Waals surface area contributed by atoms with Gasteiger partial charge in [0.05, 0.1) is 12.1 Å². The summed E-state index contributed by atoms with van der Waals surface area (Å²) in [4.78, 5) is 22.4. The molecule has 0 spiro atoms. The molecule has 0 aliphatic heterocycles. The van der Waals surface area contributed by atoms with Crippen molar-refractivity contribution >= 4 is 12.2 Å². The second-order valence-corrected chi connectivity index (χ2v) is 4.39. The van der Waals surface area contributed by atoms with Crippen LogP contribution in [0.25, 0.3) is 0 Å². The minimum Gasteiger partial charge on any atom is -0.508 e. The number of aliphatic hydroxyl groups excluding tert-OH is 1. The van der Waals surface area contributed by atoms with Crippen molar-refractivity contribution in [2.45, 2.75) is 31.5 Å². The molecule has 0 aromatic heterocycles. The molecule has 6 nitrogen and oxygen atoms in total. The van der Waals surface area contributed by atoms with Crippen LogP contribution in [0.5, 0.6) is 5.75 Å². The number of hydrogen-bond acceptors (Lipinski definition) is 5. The molecule has 0 saturated carbocycles. The standard InChI is InChI=1S/C13H18N2O4/c1-8(17)12(7-16)15-13(19)11(14)6-9-2-4-10(18)5-3-9/h2-5,7-8,11-12,17-18H,6,14H2,1H3,(H,15,19)/t8-,11+,12-/m1/s1. The number of carbonyl (C=O) groups is 2. The number of amides is 1. The summed E-state index contributed by atoms with van der Waals surface area (Å²) in [5, 5.41) is 20.7. The van der Waals surface area contributed by atoms with E-state index in [0.717, 1.165) is 5.56 Å².